The van der Waals surface area contributed by atoms with E-state index in [9.17, 15) is 9.18 Å². The van der Waals surface area contributed by atoms with Gasteiger partial charge in [0, 0.05) is 11.6 Å². The summed E-state index contributed by atoms with van der Waals surface area (Å²) in [5.74, 6) is 0.868. The summed E-state index contributed by atoms with van der Waals surface area (Å²) in [5.41, 5.74) is 2.58. The van der Waals surface area contributed by atoms with Crippen LogP contribution in [0, 0.1) is 12.7 Å². The number of benzene rings is 3. The first-order valence-electron chi connectivity index (χ1n) is 11.4. The second-order valence-electron chi connectivity index (χ2n) is 8.41. The average molecular weight is 474 g/mol. The van der Waals surface area contributed by atoms with E-state index in [0.29, 0.717) is 22.9 Å². The van der Waals surface area contributed by atoms with Crippen LogP contribution < -0.4 is 9.47 Å². The van der Waals surface area contributed by atoms with E-state index in [-0.39, 0.29) is 18.5 Å². The molecule has 7 heteroatoms. The number of halogens is 1. The van der Waals surface area contributed by atoms with Crippen LogP contribution in [0.3, 0.4) is 0 Å². The van der Waals surface area contributed by atoms with Gasteiger partial charge in [0.05, 0.1) is 30.6 Å². The molecule has 0 spiro atoms. The number of hydrogen-bond donors (Lipinski definition) is 0. The van der Waals surface area contributed by atoms with Gasteiger partial charge in [-0.2, -0.15) is 5.10 Å². The minimum Gasteiger partial charge on any atom is -0.493 e. The zero-order valence-electron chi connectivity index (χ0n) is 20.2. The Hall–Kier alpha value is -4.13. The highest BCUT2D eigenvalue weighted by Gasteiger charge is 2.26. The molecule has 0 atom stereocenters. The number of rotatable bonds is 8. The lowest BCUT2D eigenvalue weighted by Gasteiger charge is -2.27. The Balaban J connectivity index is 1.80. The number of methoxy groups -OCH3 is 1. The van der Waals surface area contributed by atoms with Crippen molar-refractivity contribution >= 4 is 5.91 Å². The third-order valence-corrected chi connectivity index (χ3v) is 5.70. The summed E-state index contributed by atoms with van der Waals surface area (Å²) >= 11 is 0. The van der Waals surface area contributed by atoms with Gasteiger partial charge >= 0.3 is 0 Å². The lowest BCUT2D eigenvalue weighted by atomic mass is 10.1. The Labute approximate surface area is 204 Å². The zero-order chi connectivity index (χ0) is 24.9. The summed E-state index contributed by atoms with van der Waals surface area (Å²) in [4.78, 5) is 15.1. The minimum absolute atomic E-state index is 0.149. The van der Waals surface area contributed by atoms with Gasteiger partial charge in [-0.15, -0.1) is 0 Å². The Morgan fingerprint density at radius 1 is 1.00 bits per heavy atom. The minimum atomic E-state index is -0.451. The van der Waals surface area contributed by atoms with Crippen LogP contribution in [-0.2, 0) is 6.54 Å². The number of aromatic nitrogens is 2. The average Bonchev–Trinajstić information content (AvgIpc) is 3.17. The highest BCUT2D eigenvalue weighted by Crippen LogP contribution is 2.36. The molecule has 1 aromatic heterocycles. The molecule has 0 aliphatic heterocycles. The van der Waals surface area contributed by atoms with Gasteiger partial charge in [-0.05, 0) is 63.2 Å². The Morgan fingerprint density at radius 2 is 1.69 bits per heavy atom. The van der Waals surface area contributed by atoms with Crippen molar-refractivity contribution in [3.8, 4) is 23.1 Å². The first-order valence-corrected chi connectivity index (χ1v) is 11.4. The molecule has 4 rings (SSSR count). The fourth-order valence-corrected chi connectivity index (χ4v) is 3.82. The van der Waals surface area contributed by atoms with Gasteiger partial charge in [0.1, 0.15) is 5.82 Å². The van der Waals surface area contributed by atoms with E-state index in [1.165, 1.54) is 18.2 Å². The Bertz CT molecular complexity index is 1320. The number of amides is 1. The molecule has 3 aromatic carbocycles. The highest BCUT2D eigenvalue weighted by atomic mass is 19.1. The van der Waals surface area contributed by atoms with E-state index in [4.69, 9.17) is 14.6 Å². The summed E-state index contributed by atoms with van der Waals surface area (Å²) in [6.45, 7) is 5.97. The van der Waals surface area contributed by atoms with E-state index in [2.05, 4.69) is 0 Å². The second-order valence-corrected chi connectivity index (χ2v) is 8.41. The van der Waals surface area contributed by atoms with E-state index in [0.717, 1.165) is 16.9 Å². The van der Waals surface area contributed by atoms with Crippen LogP contribution in [0.15, 0.2) is 78.9 Å². The molecular weight excluding hydrogens is 445 g/mol. The van der Waals surface area contributed by atoms with Crippen LogP contribution in [0.4, 0.5) is 4.39 Å². The Morgan fingerprint density at radius 3 is 2.34 bits per heavy atom. The SMILES string of the molecule is COc1ccccc1Oc1c(CN(C(=O)c2cccc(F)c2)C(C)C)c(C)nn1-c1ccccc1. The number of ether oxygens (including phenoxy) is 2. The fourth-order valence-electron chi connectivity index (χ4n) is 3.82. The van der Waals surface area contributed by atoms with Crippen molar-refractivity contribution in [1.82, 2.24) is 14.7 Å². The topological polar surface area (TPSA) is 56.6 Å². The van der Waals surface area contributed by atoms with E-state index < -0.39 is 5.82 Å². The maximum Gasteiger partial charge on any atom is 0.254 e. The molecule has 4 aromatic rings. The standard InChI is InChI=1S/C28H28FN3O3/c1-19(2)31(27(33)21-11-10-12-22(29)17-21)18-24-20(3)30-32(23-13-6-5-7-14-23)28(24)35-26-16-9-8-15-25(26)34-4/h5-17,19H,18H2,1-4H3. The third-order valence-electron chi connectivity index (χ3n) is 5.70. The predicted octanol–water partition coefficient (Wildman–Crippen LogP) is 6.17. The maximum atomic E-state index is 13.8. The summed E-state index contributed by atoms with van der Waals surface area (Å²) in [6, 6.07) is 22.6. The normalized spacial score (nSPS) is 10.9. The van der Waals surface area contributed by atoms with Crippen molar-refractivity contribution in [2.24, 2.45) is 0 Å². The molecule has 6 nitrogen and oxygen atoms in total. The second kappa shape index (κ2) is 10.4. The van der Waals surface area contributed by atoms with Crippen LogP contribution in [0.1, 0.15) is 35.5 Å². The number of para-hydroxylation sites is 3. The van der Waals surface area contributed by atoms with Gasteiger partial charge in [-0.3, -0.25) is 4.79 Å². The van der Waals surface area contributed by atoms with Crippen molar-refractivity contribution in [3.05, 3.63) is 102 Å². The van der Waals surface area contributed by atoms with Crippen LogP contribution >= 0.6 is 0 Å². The van der Waals surface area contributed by atoms with Gasteiger partial charge in [-0.1, -0.05) is 36.4 Å². The molecule has 0 N–H and O–H groups in total. The van der Waals surface area contributed by atoms with E-state index >= 15 is 0 Å². The van der Waals surface area contributed by atoms with Gasteiger partial charge in [0.15, 0.2) is 11.5 Å². The zero-order valence-corrected chi connectivity index (χ0v) is 20.2. The predicted molar refractivity (Wildman–Crippen MR) is 133 cm³/mol. The molecule has 0 unspecified atom stereocenters. The molecule has 0 radical (unpaired) electrons. The third kappa shape index (κ3) is 5.19. The summed E-state index contributed by atoms with van der Waals surface area (Å²) in [5, 5.41) is 4.74. The first-order chi connectivity index (χ1) is 16.9. The molecule has 0 aliphatic rings. The number of nitrogens with zero attached hydrogens (tertiary/aromatic N) is 3. The van der Waals surface area contributed by atoms with Gasteiger partial charge < -0.3 is 14.4 Å². The molecular formula is C28H28FN3O3. The highest BCUT2D eigenvalue weighted by molar-refractivity contribution is 5.94. The first kappa shape index (κ1) is 24.0. The lowest BCUT2D eigenvalue weighted by Crippen LogP contribution is -2.36. The molecule has 1 heterocycles. The van der Waals surface area contributed by atoms with Crippen LogP contribution in [0.25, 0.3) is 5.69 Å². The van der Waals surface area contributed by atoms with Gasteiger partial charge in [0.2, 0.25) is 5.88 Å². The molecule has 0 bridgehead atoms. The van der Waals surface area contributed by atoms with E-state index in [1.54, 1.807) is 22.8 Å². The fraction of sp³-hybridized carbons (Fsp3) is 0.214. The lowest BCUT2D eigenvalue weighted by molar-refractivity contribution is 0.0688. The van der Waals surface area contributed by atoms with Gasteiger partial charge in [0.25, 0.3) is 5.91 Å². The number of hydrogen-bond acceptors (Lipinski definition) is 4. The Kier molecular flexibility index (Phi) is 7.15. The van der Waals surface area contributed by atoms with Crippen LogP contribution in [0.5, 0.6) is 17.4 Å². The summed E-state index contributed by atoms with van der Waals surface area (Å²) in [6.07, 6.45) is 0. The van der Waals surface area contributed by atoms with Crippen LogP contribution in [-0.4, -0.2) is 33.7 Å². The molecule has 0 saturated carbocycles. The summed E-state index contributed by atoms with van der Waals surface area (Å²) in [7, 11) is 1.58. The molecule has 1 amide bonds. The smallest absolute Gasteiger partial charge is 0.254 e. The van der Waals surface area contributed by atoms with Crippen molar-refractivity contribution in [2.45, 2.75) is 33.4 Å². The van der Waals surface area contributed by atoms with Gasteiger partial charge in [-0.25, -0.2) is 9.07 Å². The molecule has 35 heavy (non-hydrogen) atoms. The number of carbonyl (C=O) groups excluding carboxylic acids is 1. The summed E-state index contributed by atoms with van der Waals surface area (Å²) < 4.78 is 27.4. The molecule has 0 fully saturated rings. The number of carbonyl (C=O) groups is 1. The van der Waals surface area contributed by atoms with Crippen molar-refractivity contribution < 1.29 is 18.7 Å². The molecule has 0 aliphatic carbocycles. The monoisotopic (exact) mass is 473 g/mol. The van der Waals surface area contributed by atoms with E-state index in [1.807, 2.05) is 75.4 Å². The largest absolute Gasteiger partial charge is 0.493 e. The maximum absolute atomic E-state index is 13.8. The molecule has 0 saturated heterocycles. The molecule has 180 valence electrons. The van der Waals surface area contributed by atoms with Crippen molar-refractivity contribution in [1.29, 1.82) is 0 Å². The quantitative estimate of drug-likeness (QED) is 0.307. The number of aryl methyl sites for hydroxylation is 1. The van der Waals surface area contributed by atoms with Crippen LogP contribution in [0.2, 0.25) is 0 Å². The van der Waals surface area contributed by atoms with Crippen molar-refractivity contribution in [3.63, 3.8) is 0 Å². The van der Waals surface area contributed by atoms with Crippen molar-refractivity contribution in [2.75, 3.05) is 7.11 Å².